The van der Waals surface area contributed by atoms with Gasteiger partial charge in [0.15, 0.2) is 0 Å². The Morgan fingerprint density at radius 3 is 2.74 bits per heavy atom. The minimum Gasteiger partial charge on any atom is -0.374 e. The van der Waals surface area contributed by atoms with Crippen molar-refractivity contribution in [2.75, 3.05) is 26.2 Å². The van der Waals surface area contributed by atoms with E-state index in [1.165, 1.54) is 32.2 Å². The lowest BCUT2D eigenvalue weighted by atomic mass is 9.72. The van der Waals surface area contributed by atoms with Gasteiger partial charge in [0.1, 0.15) is 0 Å². The van der Waals surface area contributed by atoms with Gasteiger partial charge in [0, 0.05) is 19.1 Å². The van der Waals surface area contributed by atoms with E-state index in [2.05, 4.69) is 25.7 Å². The second-order valence-corrected chi connectivity index (χ2v) is 6.81. The summed E-state index contributed by atoms with van der Waals surface area (Å²) < 4.78 is 5.96. The molecule has 2 fully saturated rings. The molecule has 0 spiro atoms. The molecule has 0 aromatic rings. The summed E-state index contributed by atoms with van der Waals surface area (Å²) >= 11 is 0. The van der Waals surface area contributed by atoms with Crippen LogP contribution in [0.5, 0.6) is 0 Å². The van der Waals surface area contributed by atoms with Gasteiger partial charge in [-0.15, -0.1) is 0 Å². The molecule has 0 aromatic carbocycles. The molecular formula is C16H32N2O. The van der Waals surface area contributed by atoms with E-state index in [-0.39, 0.29) is 12.1 Å². The number of nitrogens with two attached hydrogens (primary N) is 1. The zero-order chi connectivity index (χ0) is 13.8. The molecule has 1 aliphatic heterocycles. The van der Waals surface area contributed by atoms with Gasteiger partial charge in [-0.25, -0.2) is 0 Å². The lowest BCUT2D eigenvalue weighted by Gasteiger charge is -2.41. The standard InChI is InChI=1S/C16H32N2O/c1-4-7-18-8-9-19-15(11-18)16(17)14-6-5-12(2)13(3)10-14/h12-16H,4-11,17H2,1-3H3. The van der Waals surface area contributed by atoms with Gasteiger partial charge in [0.05, 0.1) is 12.7 Å². The summed E-state index contributed by atoms with van der Waals surface area (Å²) in [6.45, 7) is 11.2. The first-order valence-electron chi connectivity index (χ1n) is 8.21. The predicted octanol–water partition coefficient (Wildman–Crippen LogP) is 2.50. The van der Waals surface area contributed by atoms with Gasteiger partial charge in [-0.3, -0.25) is 4.90 Å². The Hall–Kier alpha value is -0.120. The van der Waals surface area contributed by atoms with Crippen LogP contribution >= 0.6 is 0 Å². The van der Waals surface area contributed by atoms with Crippen molar-refractivity contribution in [1.29, 1.82) is 0 Å². The van der Waals surface area contributed by atoms with E-state index < -0.39 is 0 Å². The van der Waals surface area contributed by atoms with Crippen molar-refractivity contribution >= 4 is 0 Å². The third-order valence-corrected chi connectivity index (χ3v) is 5.33. The number of ether oxygens (including phenoxy) is 1. The monoisotopic (exact) mass is 268 g/mol. The van der Waals surface area contributed by atoms with Gasteiger partial charge in [0.2, 0.25) is 0 Å². The summed E-state index contributed by atoms with van der Waals surface area (Å²) in [7, 11) is 0. The molecule has 2 rings (SSSR count). The summed E-state index contributed by atoms with van der Waals surface area (Å²) in [4.78, 5) is 2.52. The van der Waals surface area contributed by atoms with Gasteiger partial charge in [-0.05, 0) is 43.6 Å². The molecule has 5 atom stereocenters. The molecule has 1 saturated carbocycles. The smallest absolute Gasteiger partial charge is 0.0855 e. The fraction of sp³-hybridized carbons (Fsp3) is 1.00. The average Bonchev–Trinajstić information content (AvgIpc) is 2.42. The Morgan fingerprint density at radius 2 is 2.05 bits per heavy atom. The molecule has 112 valence electrons. The summed E-state index contributed by atoms with van der Waals surface area (Å²) in [5.74, 6) is 2.35. The van der Waals surface area contributed by atoms with Crippen LogP contribution in [-0.4, -0.2) is 43.3 Å². The molecule has 2 N–H and O–H groups in total. The van der Waals surface area contributed by atoms with Crippen molar-refractivity contribution in [3.05, 3.63) is 0 Å². The molecule has 0 aromatic heterocycles. The highest BCUT2D eigenvalue weighted by Gasteiger charge is 2.34. The summed E-state index contributed by atoms with van der Waals surface area (Å²) in [6.07, 6.45) is 5.40. The van der Waals surface area contributed by atoms with E-state index in [9.17, 15) is 0 Å². The molecule has 0 radical (unpaired) electrons. The van der Waals surface area contributed by atoms with E-state index in [1.807, 2.05) is 0 Å². The van der Waals surface area contributed by atoms with E-state index in [0.717, 1.165) is 31.5 Å². The first-order chi connectivity index (χ1) is 9.11. The molecule has 0 bridgehead atoms. The SMILES string of the molecule is CCCN1CCOC(C(N)C2CCC(C)C(C)C2)C1. The average molecular weight is 268 g/mol. The predicted molar refractivity (Wildman–Crippen MR) is 80.1 cm³/mol. The summed E-state index contributed by atoms with van der Waals surface area (Å²) in [5, 5.41) is 0. The van der Waals surface area contributed by atoms with Crippen LogP contribution in [0.2, 0.25) is 0 Å². The number of nitrogens with zero attached hydrogens (tertiary/aromatic N) is 1. The third-order valence-electron chi connectivity index (χ3n) is 5.33. The maximum Gasteiger partial charge on any atom is 0.0855 e. The molecule has 2 aliphatic rings. The molecule has 1 heterocycles. The van der Waals surface area contributed by atoms with Crippen molar-refractivity contribution in [3.8, 4) is 0 Å². The summed E-state index contributed by atoms with van der Waals surface area (Å²) in [5.41, 5.74) is 6.54. The molecule has 5 unspecified atom stereocenters. The highest BCUT2D eigenvalue weighted by Crippen LogP contribution is 2.35. The van der Waals surface area contributed by atoms with Crippen molar-refractivity contribution < 1.29 is 4.74 Å². The number of rotatable bonds is 4. The van der Waals surface area contributed by atoms with Crippen LogP contribution in [0.3, 0.4) is 0 Å². The number of hydrogen-bond donors (Lipinski definition) is 1. The van der Waals surface area contributed by atoms with E-state index in [4.69, 9.17) is 10.5 Å². The van der Waals surface area contributed by atoms with Gasteiger partial charge in [-0.2, -0.15) is 0 Å². The molecule has 1 saturated heterocycles. The van der Waals surface area contributed by atoms with Crippen molar-refractivity contribution in [2.45, 2.75) is 58.6 Å². The van der Waals surface area contributed by atoms with Gasteiger partial charge in [0.25, 0.3) is 0 Å². The zero-order valence-electron chi connectivity index (χ0n) is 13.0. The van der Waals surface area contributed by atoms with Crippen molar-refractivity contribution in [1.82, 2.24) is 4.90 Å². The Morgan fingerprint density at radius 1 is 1.26 bits per heavy atom. The second kappa shape index (κ2) is 7.05. The van der Waals surface area contributed by atoms with Crippen LogP contribution in [0.25, 0.3) is 0 Å². The van der Waals surface area contributed by atoms with Crippen molar-refractivity contribution in [2.24, 2.45) is 23.5 Å². The van der Waals surface area contributed by atoms with Gasteiger partial charge in [-0.1, -0.05) is 27.2 Å². The number of hydrogen-bond acceptors (Lipinski definition) is 3. The van der Waals surface area contributed by atoms with E-state index in [1.54, 1.807) is 0 Å². The highest BCUT2D eigenvalue weighted by molar-refractivity contribution is 4.89. The molecular weight excluding hydrogens is 236 g/mol. The largest absolute Gasteiger partial charge is 0.374 e. The van der Waals surface area contributed by atoms with Crippen LogP contribution in [0.15, 0.2) is 0 Å². The molecule has 19 heavy (non-hydrogen) atoms. The fourth-order valence-electron chi connectivity index (χ4n) is 3.73. The minimum absolute atomic E-state index is 0.231. The maximum atomic E-state index is 6.54. The van der Waals surface area contributed by atoms with Crippen LogP contribution in [-0.2, 0) is 4.74 Å². The molecule has 1 aliphatic carbocycles. The maximum absolute atomic E-state index is 6.54. The number of morpholine rings is 1. The zero-order valence-corrected chi connectivity index (χ0v) is 13.0. The van der Waals surface area contributed by atoms with E-state index >= 15 is 0 Å². The Balaban J connectivity index is 1.86. The highest BCUT2D eigenvalue weighted by atomic mass is 16.5. The van der Waals surface area contributed by atoms with Crippen LogP contribution in [0, 0.1) is 17.8 Å². The minimum atomic E-state index is 0.231. The molecule has 3 heteroatoms. The third kappa shape index (κ3) is 3.93. The first-order valence-corrected chi connectivity index (χ1v) is 8.21. The Kier molecular flexibility index (Phi) is 5.67. The fourth-order valence-corrected chi connectivity index (χ4v) is 3.73. The second-order valence-electron chi connectivity index (χ2n) is 6.81. The topological polar surface area (TPSA) is 38.5 Å². The Labute approximate surface area is 118 Å². The molecule has 3 nitrogen and oxygen atoms in total. The van der Waals surface area contributed by atoms with Gasteiger partial charge < -0.3 is 10.5 Å². The lowest BCUT2D eigenvalue weighted by Crippen LogP contribution is -2.54. The summed E-state index contributed by atoms with van der Waals surface area (Å²) in [6, 6.07) is 0.231. The van der Waals surface area contributed by atoms with E-state index in [0.29, 0.717) is 5.92 Å². The quantitative estimate of drug-likeness (QED) is 0.851. The van der Waals surface area contributed by atoms with Crippen molar-refractivity contribution in [3.63, 3.8) is 0 Å². The first kappa shape index (κ1) is 15.3. The van der Waals surface area contributed by atoms with Crippen LogP contribution in [0.1, 0.15) is 46.5 Å². The molecule has 0 amide bonds. The lowest BCUT2D eigenvalue weighted by molar-refractivity contribution is -0.0545. The van der Waals surface area contributed by atoms with Crippen LogP contribution in [0.4, 0.5) is 0 Å². The Bertz CT molecular complexity index is 269. The normalized spacial score (nSPS) is 39.2. The van der Waals surface area contributed by atoms with Crippen LogP contribution < -0.4 is 5.73 Å². The van der Waals surface area contributed by atoms with Gasteiger partial charge >= 0.3 is 0 Å².